The Labute approximate surface area is 83.2 Å². The van der Waals surface area contributed by atoms with Gasteiger partial charge in [-0.15, -0.1) is 0 Å². The van der Waals surface area contributed by atoms with Gasteiger partial charge in [0, 0.05) is 0 Å². The molecule has 3 nitrogen and oxygen atoms in total. The number of hydrogen-bond donors (Lipinski definition) is 0. The number of nitrogens with zero attached hydrogens (tertiary/aromatic N) is 1. The number of carbonyl (C=O) groups excluding carboxylic acids is 1. The Bertz CT molecular complexity index is 349. The number of amides is 1. The Kier molecular flexibility index (Phi) is 2.50. The van der Waals surface area contributed by atoms with E-state index in [1.807, 2.05) is 18.2 Å². The number of rotatable bonds is 1. The van der Waals surface area contributed by atoms with E-state index in [0.29, 0.717) is 13.0 Å². The highest BCUT2D eigenvalue weighted by Crippen LogP contribution is 2.15. The first-order chi connectivity index (χ1) is 6.81. The lowest BCUT2D eigenvalue weighted by atomic mass is 10.0. The number of hydroxylamine groups is 2. The molecule has 1 aromatic rings. The van der Waals surface area contributed by atoms with Gasteiger partial charge in [-0.05, 0) is 17.5 Å². The molecule has 0 atom stereocenters. The largest absolute Gasteiger partial charge is 0.274 e. The summed E-state index contributed by atoms with van der Waals surface area (Å²) < 4.78 is 0. The molecule has 1 heterocycles. The third-order valence-electron chi connectivity index (χ3n) is 2.54. The van der Waals surface area contributed by atoms with Crippen molar-refractivity contribution in [1.82, 2.24) is 5.06 Å². The molecule has 0 saturated carbocycles. The van der Waals surface area contributed by atoms with E-state index in [-0.39, 0.29) is 5.91 Å². The highest BCUT2D eigenvalue weighted by Gasteiger charge is 2.19. The van der Waals surface area contributed by atoms with Crippen LogP contribution in [-0.2, 0) is 22.5 Å². The summed E-state index contributed by atoms with van der Waals surface area (Å²) in [6.07, 6.45) is 1.32. The van der Waals surface area contributed by atoms with Crippen LogP contribution in [0.15, 0.2) is 24.3 Å². The lowest BCUT2D eigenvalue weighted by Gasteiger charge is -2.16. The second kappa shape index (κ2) is 3.80. The summed E-state index contributed by atoms with van der Waals surface area (Å²) >= 11 is 0. The van der Waals surface area contributed by atoms with Gasteiger partial charge < -0.3 is 0 Å². The zero-order chi connectivity index (χ0) is 9.97. The van der Waals surface area contributed by atoms with Crippen molar-refractivity contribution in [3.05, 3.63) is 35.4 Å². The second-order valence-electron chi connectivity index (χ2n) is 3.37. The van der Waals surface area contributed by atoms with Crippen molar-refractivity contribution in [1.29, 1.82) is 0 Å². The predicted octanol–water partition coefficient (Wildman–Crippen LogP) is 1.18. The van der Waals surface area contributed by atoms with Crippen LogP contribution in [0, 0.1) is 0 Å². The molecule has 1 amide bonds. The fourth-order valence-electron chi connectivity index (χ4n) is 1.76. The minimum atomic E-state index is 0.0393. The fourth-order valence-corrected chi connectivity index (χ4v) is 1.76. The number of hydrogen-bond acceptors (Lipinski definition) is 2. The Morgan fingerprint density at radius 1 is 1.29 bits per heavy atom. The van der Waals surface area contributed by atoms with Gasteiger partial charge in [0.15, 0.2) is 0 Å². The standard InChI is InChI=1S/C11H13NO2/c1-14-12-7-6-9-4-2-3-5-10(9)8-11(12)13/h2-5H,6-8H2,1H3. The molecule has 1 aliphatic rings. The summed E-state index contributed by atoms with van der Waals surface area (Å²) in [5.41, 5.74) is 2.37. The van der Waals surface area contributed by atoms with E-state index in [9.17, 15) is 4.79 Å². The molecular formula is C11H13NO2. The van der Waals surface area contributed by atoms with Crippen LogP contribution in [-0.4, -0.2) is 24.6 Å². The average Bonchev–Trinajstić information content (AvgIpc) is 2.36. The first kappa shape index (κ1) is 9.21. The number of carbonyl (C=O) groups is 1. The van der Waals surface area contributed by atoms with Crippen molar-refractivity contribution in [2.45, 2.75) is 12.8 Å². The number of fused-ring (bicyclic) bond motifs is 1. The summed E-state index contributed by atoms with van der Waals surface area (Å²) in [6, 6.07) is 8.05. The molecule has 0 saturated heterocycles. The van der Waals surface area contributed by atoms with E-state index in [0.717, 1.165) is 12.0 Å². The summed E-state index contributed by atoms with van der Waals surface area (Å²) in [5, 5.41) is 1.43. The summed E-state index contributed by atoms with van der Waals surface area (Å²) in [6.45, 7) is 0.645. The van der Waals surface area contributed by atoms with Crippen molar-refractivity contribution < 1.29 is 9.63 Å². The highest BCUT2D eigenvalue weighted by molar-refractivity contribution is 5.78. The van der Waals surface area contributed by atoms with Crippen molar-refractivity contribution >= 4 is 5.91 Å². The zero-order valence-electron chi connectivity index (χ0n) is 8.19. The quantitative estimate of drug-likeness (QED) is 0.667. The zero-order valence-corrected chi connectivity index (χ0v) is 8.19. The molecule has 3 heteroatoms. The molecule has 0 fully saturated rings. The van der Waals surface area contributed by atoms with Crippen molar-refractivity contribution in [2.75, 3.05) is 13.7 Å². The highest BCUT2D eigenvalue weighted by atomic mass is 16.7. The third-order valence-corrected chi connectivity index (χ3v) is 2.54. The van der Waals surface area contributed by atoms with E-state index in [1.54, 1.807) is 0 Å². The Morgan fingerprint density at radius 3 is 2.71 bits per heavy atom. The van der Waals surface area contributed by atoms with Gasteiger partial charge in [0.1, 0.15) is 0 Å². The Morgan fingerprint density at radius 2 is 2.00 bits per heavy atom. The van der Waals surface area contributed by atoms with Crippen LogP contribution in [0.25, 0.3) is 0 Å². The topological polar surface area (TPSA) is 29.5 Å². The van der Waals surface area contributed by atoms with Crippen LogP contribution >= 0.6 is 0 Å². The summed E-state index contributed by atoms with van der Waals surface area (Å²) in [4.78, 5) is 16.6. The molecule has 0 radical (unpaired) electrons. The number of benzene rings is 1. The van der Waals surface area contributed by atoms with Gasteiger partial charge in [0.25, 0.3) is 5.91 Å². The first-order valence-electron chi connectivity index (χ1n) is 4.72. The molecule has 0 bridgehead atoms. The lowest BCUT2D eigenvalue weighted by Crippen LogP contribution is -2.30. The molecule has 74 valence electrons. The second-order valence-corrected chi connectivity index (χ2v) is 3.37. The molecular weight excluding hydrogens is 178 g/mol. The monoisotopic (exact) mass is 191 g/mol. The van der Waals surface area contributed by atoms with Gasteiger partial charge in [-0.1, -0.05) is 24.3 Å². The van der Waals surface area contributed by atoms with Gasteiger partial charge in [-0.2, -0.15) is 0 Å². The summed E-state index contributed by atoms with van der Waals surface area (Å²) in [5.74, 6) is 0.0393. The smallest absolute Gasteiger partial charge is 0.250 e. The normalized spacial score (nSPS) is 16.4. The van der Waals surface area contributed by atoms with Crippen molar-refractivity contribution in [3.8, 4) is 0 Å². The molecule has 0 spiro atoms. The van der Waals surface area contributed by atoms with Crippen LogP contribution in [0.4, 0.5) is 0 Å². The minimum absolute atomic E-state index is 0.0393. The van der Waals surface area contributed by atoms with Crippen LogP contribution in [0.2, 0.25) is 0 Å². The lowest BCUT2D eigenvalue weighted by molar-refractivity contribution is -0.174. The van der Waals surface area contributed by atoms with Gasteiger partial charge >= 0.3 is 0 Å². The molecule has 0 N–H and O–H groups in total. The van der Waals surface area contributed by atoms with Gasteiger partial charge in [0.2, 0.25) is 0 Å². The van der Waals surface area contributed by atoms with E-state index >= 15 is 0 Å². The van der Waals surface area contributed by atoms with Crippen molar-refractivity contribution in [3.63, 3.8) is 0 Å². The van der Waals surface area contributed by atoms with E-state index in [4.69, 9.17) is 4.84 Å². The summed E-state index contributed by atoms with van der Waals surface area (Å²) in [7, 11) is 1.54. The van der Waals surface area contributed by atoms with E-state index in [2.05, 4.69) is 6.07 Å². The minimum Gasteiger partial charge on any atom is -0.274 e. The Balaban J connectivity index is 2.28. The third kappa shape index (κ3) is 1.63. The SMILES string of the molecule is CON1CCc2ccccc2CC1=O. The van der Waals surface area contributed by atoms with E-state index < -0.39 is 0 Å². The molecule has 2 rings (SSSR count). The molecule has 14 heavy (non-hydrogen) atoms. The van der Waals surface area contributed by atoms with Crippen LogP contribution in [0.5, 0.6) is 0 Å². The van der Waals surface area contributed by atoms with Gasteiger partial charge in [0.05, 0.1) is 20.1 Å². The van der Waals surface area contributed by atoms with E-state index in [1.165, 1.54) is 17.7 Å². The average molecular weight is 191 g/mol. The molecule has 0 unspecified atom stereocenters. The van der Waals surface area contributed by atoms with Crippen molar-refractivity contribution in [2.24, 2.45) is 0 Å². The predicted molar refractivity (Wildman–Crippen MR) is 52.6 cm³/mol. The molecule has 1 aromatic carbocycles. The molecule has 1 aliphatic heterocycles. The van der Waals surface area contributed by atoms with Crippen LogP contribution in [0.3, 0.4) is 0 Å². The van der Waals surface area contributed by atoms with Gasteiger partial charge in [-0.3, -0.25) is 9.63 Å². The maximum atomic E-state index is 11.6. The maximum Gasteiger partial charge on any atom is 0.250 e. The Hall–Kier alpha value is -1.35. The first-order valence-corrected chi connectivity index (χ1v) is 4.72. The van der Waals surface area contributed by atoms with Crippen LogP contribution in [0.1, 0.15) is 11.1 Å². The fraction of sp³-hybridized carbons (Fsp3) is 0.364. The molecule has 0 aliphatic carbocycles. The van der Waals surface area contributed by atoms with Crippen LogP contribution < -0.4 is 0 Å². The van der Waals surface area contributed by atoms with Gasteiger partial charge in [-0.25, -0.2) is 5.06 Å². The maximum absolute atomic E-state index is 11.6. The molecule has 0 aromatic heterocycles.